The molecule has 0 spiro atoms. The molecule has 0 aliphatic heterocycles. The summed E-state index contributed by atoms with van der Waals surface area (Å²) in [7, 11) is -3.84. The topological polar surface area (TPSA) is 89.3 Å². The van der Waals surface area contributed by atoms with Gasteiger partial charge in [-0.2, -0.15) is 0 Å². The Bertz CT molecular complexity index is 804. The lowest BCUT2D eigenvalue weighted by molar-refractivity contribution is 0.102. The van der Waals surface area contributed by atoms with Gasteiger partial charge in [-0.1, -0.05) is 23.7 Å². The minimum Gasteiger partial charge on any atom is -0.322 e. The molecule has 0 aliphatic rings. The van der Waals surface area contributed by atoms with Crippen molar-refractivity contribution in [2.45, 2.75) is 11.8 Å². The number of nitrogens with one attached hydrogen (secondary N) is 1. The van der Waals surface area contributed by atoms with Crippen LogP contribution in [0.2, 0.25) is 5.02 Å². The van der Waals surface area contributed by atoms with E-state index in [1.807, 2.05) is 0 Å². The number of primary sulfonamides is 1. The van der Waals surface area contributed by atoms with E-state index in [0.29, 0.717) is 21.8 Å². The average Bonchev–Trinajstić information content (AvgIpc) is 2.39. The van der Waals surface area contributed by atoms with Crippen molar-refractivity contribution in [1.82, 2.24) is 0 Å². The van der Waals surface area contributed by atoms with Crippen molar-refractivity contribution in [2.24, 2.45) is 5.14 Å². The number of benzene rings is 2. The van der Waals surface area contributed by atoms with Crippen molar-refractivity contribution < 1.29 is 13.2 Å². The maximum atomic E-state index is 12.1. The molecule has 0 radical (unpaired) electrons. The van der Waals surface area contributed by atoms with Gasteiger partial charge in [-0.15, -0.1) is 0 Å². The molecular formula is C14H13ClN2O3S. The zero-order valence-corrected chi connectivity index (χ0v) is 12.7. The fourth-order valence-electron chi connectivity index (χ4n) is 1.82. The molecule has 21 heavy (non-hydrogen) atoms. The monoisotopic (exact) mass is 324 g/mol. The van der Waals surface area contributed by atoms with Gasteiger partial charge in [0.2, 0.25) is 10.0 Å². The second kappa shape index (κ2) is 5.85. The summed E-state index contributed by atoms with van der Waals surface area (Å²) in [6.07, 6.45) is 0. The van der Waals surface area contributed by atoms with Crippen LogP contribution in [0.5, 0.6) is 0 Å². The summed E-state index contributed by atoms with van der Waals surface area (Å²) in [5.74, 6) is -0.387. The number of rotatable bonds is 3. The second-order valence-electron chi connectivity index (χ2n) is 4.49. The van der Waals surface area contributed by atoms with Gasteiger partial charge < -0.3 is 5.32 Å². The average molecular weight is 325 g/mol. The molecule has 2 aromatic rings. The largest absolute Gasteiger partial charge is 0.322 e. The Morgan fingerprint density at radius 3 is 2.52 bits per heavy atom. The minimum atomic E-state index is -3.84. The Morgan fingerprint density at radius 2 is 1.90 bits per heavy atom. The van der Waals surface area contributed by atoms with E-state index in [4.69, 9.17) is 16.7 Å². The van der Waals surface area contributed by atoms with Crippen LogP contribution in [-0.2, 0) is 10.0 Å². The summed E-state index contributed by atoms with van der Waals surface area (Å²) in [5.41, 5.74) is 1.23. The fourth-order valence-corrected chi connectivity index (χ4v) is 2.82. The number of halogens is 1. The van der Waals surface area contributed by atoms with Gasteiger partial charge in [-0.05, 0) is 42.8 Å². The number of carbonyl (C=O) groups is 1. The molecule has 2 rings (SSSR count). The summed E-state index contributed by atoms with van der Waals surface area (Å²) < 4.78 is 22.9. The number of amides is 1. The number of sulfonamides is 1. The van der Waals surface area contributed by atoms with E-state index in [9.17, 15) is 13.2 Å². The van der Waals surface area contributed by atoms with Crippen LogP contribution in [0.25, 0.3) is 0 Å². The molecule has 7 heteroatoms. The predicted molar refractivity (Wildman–Crippen MR) is 82.0 cm³/mol. The maximum Gasteiger partial charge on any atom is 0.255 e. The molecule has 0 fully saturated rings. The third kappa shape index (κ3) is 3.81. The fraction of sp³-hybridized carbons (Fsp3) is 0.0714. The first-order chi connectivity index (χ1) is 9.77. The van der Waals surface area contributed by atoms with E-state index in [1.54, 1.807) is 37.3 Å². The van der Waals surface area contributed by atoms with E-state index in [2.05, 4.69) is 5.32 Å². The lowest BCUT2D eigenvalue weighted by Crippen LogP contribution is -2.16. The third-order valence-corrected chi connectivity index (χ3v) is 4.13. The third-order valence-electron chi connectivity index (χ3n) is 2.84. The lowest BCUT2D eigenvalue weighted by Gasteiger charge is -2.09. The molecule has 0 saturated heterocycles. The quantitative estimate of drug-likeness (QED) is 0.909. The summed E-state index contributed by atoms with van der Waals surface area (Å²) in [4.78, 5) is 12.0. The molecule has 0 heterocycles. The highest BCUT2D eigenvalue weighted by Crippen LogP contribution is 2.20. The summed E-state index contributed by atoms with van der Waals surface area (Å²) >= 11 is 5.82. The number of carbonyl (C=O) groups excluding carboxylic acids is 1. The van der Waals surface area contributed by atoms with E-state index < -0.39 is 10.0 Å². The van der Waals surface area contributed by atoms with E-state index >= 15 is 0 Å². The lowest BCUT2D eigenvalue weighted by atomic mass is 10.2. The van der Waals surface area contributed by atoms with Gasteiger partial charge in [0.15, 0.2) is 0 Å². The number of nitrogens with two attached hydrogens (primary N) is 1. The minimum absolute atomic E-state index is 0.0219. The first-order valence-corrected chi connectivity index (χ1v) is 7.90. The van der Waals surface area contributed by atoms with Crippen molar-refractivity contribution in [3.8, 4) is 0 Å². The zero-order valence-electron chi connectivity index (χ0n) is 11.1. The Kier molecular flexibility index (Phi) is 4.32. The van der Waals surface area contributed by atoms with Crippen LogP contribution in [0, 0.1) is 6.92 Å². The molecule has 2 aromatic carbocycles. The van der Waals surface area contributed by atoms with Crippen LogP contribution in [0.15, 0.2) is 47.4 Å². The van der Waals surface area contributed by atoms with Gasteiger partial charge in [0.05, 0.1) is 4.90 Å². The van der Waals surface area contributed by atoms with E-state index in [1.165, 1.54) is 12.1 Å². The first-order valence-electron chi connectivity index (χ1n) is 5.98. The van der Waals surface area contributed by atoms with Crippen LogP contribution in [-0.4, -0.2) is 14.3 Å². The van der Waals surface area contributed by atoms with E-state index in [-0.39, 0.29) is 10.8 Å². The van der Waals surface area contributed by atoms with Crippen molar-refractivity contribution >= 4 is 33.2 Å². The molecule has 0 atom stereocenters. The maximum absolute atomic E-state index is 12.1. The van der Waals surface area contributed by atoms with Gasteiger partial charge in [-0.3, -0.25) is 4.79 Å². The highest BCUT2D eigenvalue weighted by atomic mass is 35.5. The highest BCUT2D eigenvalue weighted by molar-refractivity contribution is 7.89. The Morgan fingerprint density at radius 1 is 1.19 bits per heavy atom. The van der Waals surface area contributed by atoms with Gasteiger partial charge in [0, 0.05) is 16.3 Å². The summed E-state index contributed by atoms with van der Waals surface area (Å²) in [5, 5.41) is 8.18. The molecule has 0 aliphatic carbocycles. The molecule has 0 bridgehead atoms. The normalized spacial score (nSPS) is 11.2. The summed E-state index contributed by atoms with van der Waals surface area (Å²) in [6.45, 7) is 1.63. The highest BCUT2D eigenvalue weighted by Gasteiger charge is 2.13. The number of hydrogen-bond donors (Lipinski definition) is 2. The predicted octanol–water partition coefficient (Wildman–Crippen LogP) is 2.55. The van der Waals surface area contributed by atoms with Crippen molar-refractivity contribution in [1.29, 1.82) is 0 Å². The zero-order chi connectivity index (χ0) is 15.6. The molecule has 5 nitrogen and oxygen atoms in total. The molecule has 1 amide bonds. The van der Waals surface area contributed by atoms with Crippen molar-refractivity contribution in [3.63, 3.8) is 0 Å². The number of aryl methyl sites for hydroxylation is 1. The standard InChI is InChI=1S/C14H13ClN2O3S/c1-9-5-6-12(8-13(9)21(16,19)20)17-14(18)10-3-2-4-11(15)7-10/h2-8H,1H3,(H,17,18)(H2,16,19,20). The number of anilines is 1. The Labute approximate surface area is 127 Å². The van der Waals surface area contributed by atoms with Gasteiger partial charge in [-0.25, -0.2) is 13.6 Å². The first kappa shape index (κ1) is 15.5. The Balaban J connectivity index is 2.30. The summed E-state index contributed by atoms with van der Waals surface area (Å²) in [6, 6.07) is 10.9. The van der Waals surface area contributed by atoms with Crippen molar-refractivity contribution in [3.05, 3.63) is 58.6 Å². The van der Waals surface area contributed by atoms with Crippen LogP contribution >= 0.6 is 11.6 Å². The number of hydrogen-bond acceptors (Lipinski definition) is 3. The molecule has 3 N–H and O–H groups in total. The smallest absolute Gasteiger partial charge is 0.255 e. The van der Waals surface area contributed by atoms with Gasteiger partial charge in [0.1, 0.15) is 0 Å². The van der Waals surface area contributed by atoms with Crippen LogP contribution in [0.3, 0.4) is 0 Å². The van der Waals surface area contributed by atoms with E-state index in [0.717, 1.165) is 0 Å². The van der Waals surface area contributed by atoms with Crippen LogP contribution in [0.4, 0.5) is 5.69 Å². The van der Waals surface area contributed by atoms with Crippen LogP contribution < -0.4 is 10.5 Å². The van der Waals surface area contributed by atoms with Crippen LogP contribution in [0.1, 0.15) is 15.9 Å². The molecular weight excluding hydrogens is 312 g/mol. The SMILES string of the molecule is Cc1ccc(NC(=O)c2cccc(Cl)c2)cc1S(N)(=O)=O. The molecule has 0 saturated carbocycles. The molecule has 0 aromatic heterocycles. The molecule has 110 valence electrons. The second-order valence-corrected chi connectivity index (χ2v) is 6.46. The van der Waals surface area contributed by atoms with Gasteiger partial charge >= 0.3 is 0 Å². The Hall–Kier alpha value is -1.89. The van der Waals surface area contributed by atoms with Crippen molar-refractivity contribution in [2.75, 3.05) is 5.32 Å². The van der Waals surface area contributed by atoms with Gasteiger partial charge in [0.25, 0.3) is 5.91 Å². The molecule has 0 unspecified atom stereocenters.